The minimum atomic E-state index is -0.393. The maximum absolute atomic E-state index is 12.7. The highest BCUT2D eigenvalue weighted by Crippen LogP contribution is 2.32. The summed E-state index contributed by atoms with van der Waals surface area (Å²) in [6.45, 7) is 0. The molecule has 0 radical (unpaired) electrons. The molecule has 1 aromatic heterocycles. The highest BCUT2D eigenvalue weighted by Gasteiger charge is 2.16. The standard InChI is InChI=1S/C20H19N3O3/c1-26-18-5-3-2-4-15(18)16-11-22-12-17(16)20(25)23-14-8-6-13(7-9-14)10-19(21)24/h2-9,11-12,22H,10H2,1H3,(H2,21,24)(H,23,25). The van der Waals surface area contributed by atoms with E-state index in [1.807, 2.05) is 24.3 Å². The Morgan fingerprint density at radius 1 is 1.04 bits per heavy atom. The van der Waals surface area contributed by atoms with Gasteiger partial charge in [0.15, 0.2) is 0 Å². The van der Waals surface area contributed by atoms with E-state index in [4.69, 9.17) is 10.5 Å². The van der Waals surface area contributed by atoms with Gasteiger partial charge < -0.3 is 20.8 Å². The topological polar surface area (TPSA) is 97.2 Å². The third-order valence-corrected chi connectivity index (χ3v) is 3.98. The second-order valence-electron chi connectivity index (χ2n) is 5.78. The molecular weight excluding hydrogens is 330 g/mol. The molecule has 3 aromatic rings. The van der Waals surface area contributed by atoms with E-state index >= 15 is 0 Å². The van der Waals surface area contributed by atoms with E-state index in [-0.39, 0.29) is 12.3 Å². The molecule has 6 heteroatoms. The lowest BCUT2D eigenvalue weighted by molar-refractivity contribution is -0.117. The van der Waals surface area contributed by atoms with Crippen LogP contribution in [0.3, 0.4) is 0 Å². The van der Waals surface area contributed by atoms with Crippen LogP contribution in [0.4, 0.5) is 5.69 Å². The minimum Gasteiger partial charge on any atom is -0.496 e. The summed E-state index contributed by atoms with van der Waals surface area (Å²) in [4.78, 5) is 26.6. The number of primary amides is 1. The zero-order valence-corrected chi connectivity index (χ0v) is 14.3. The van der Waals surface area contributed by atoms with E-state index in [9.17, 15) is 9.59 Å². The first-order chi connectivity index (χ1) is 12.6. The van der Waals surface area contributed by atoms with Crippen molar-refractivity contribution in [3.8, 4) is 16.9 Å². The SMILES string of the molecule is COc1ccccc1-c1c[nH]cc1C(=O)Nc1ccc(CC(N)=O)cc1. The maximum atomic E-state index is 12.7. The molecule has 0 spiro atoms. The summed E-state index contributed by atoms with van der Waals surface area (Å²) >= 11 is 0. The van der Waals surface area contributed by atoms with Crippen LogP contribution in [0.1, 0.15) is 15.9 Å². The number of carbonyl (C=O) groups is 2. The van der Waals surface area contributed by atoms with Gasteiger partial charge in [-0.05, 0) is 23.8 Å². The first-order valence-electron chi connectivity index (χ1n) is 8.07. The van der Waals surface area contributed by atoms with Crippen molar-refractivity contribution in [2.75, 3.05) is 12.4 Å². The van der Waals surface area contributed by atoms with Gasteiger partial charge in [0.1, 0.15) is 5.75 Å². The Bertz CT molecular complexity index is 929. The predicted molar refractivity (Wildman–Crippen MR) is 100 cm³/mol. The quantitative estimate of drug-likeness (QED) is 0.638. The number of nitrogens with two attached hydrogens (primary N) is 1. The van der Waals surface area contributed by atoms with Gasteiger partial charge >= 0.3 is 0 Å². The molecule has 26 heavy (non-hydrogen) atoms. The lowest BCUT2D eigenvalue weighted by Gasteiger charge is -2.10. The van der Waals surface area contributed by atoms with Crippen LogP contribution in [0.5, 0.6) is 5.75 Å². The molecule has 0 saturated heterocycles. The molecule has 4 N–H and O–H groups in total. The average molecular weight is 349 g/mol. The van der Waals surface area contributed by atoms with Gasteiger partial charge in [-0.2, -0.15) is 0 Å². The van der Waals surface area contributed by atoms with Gasteiger partial charge in [0, 0.05) is 29.2 Å². The Balaban J connectivity index is 1.81. The van der Waals surface area contributed by atoms with Gasteiger partial charge in [-0.1, -0.05) is 30.3 Å². The van der Waals surface area contributed by atoms with Crippen molar-refractivity contribution in [1.29, 1.82) is 0 Å². The smallest absolute Gasteiger partial charge is 0.257 e. The Morgan fingerprint density at radius 2 is 1.77 bits per heavy atom. The largest absolute Gasteiger partial charge is 0.496 e. The second-order valence-corrected chi connectivity index (χ2v) is 5.78. The van der Waals surface area contributed by atoms with Crippen LogP contribution in [0.25, 0.3) is 11.1 Å². The molecular formula is C20H19N3O3. The number of amides is 2. The number of aromatic amines is 1. The number of H-pyrrole nitrogens is 1. The molecule has 2 amide bonds. The molecule has 0 aliphatic carbocycles. The summed E-state index contributed by atoms with van der Waals surface area (Å²) < 4.78 is 5.38. The molecule has 1 heterocycles. The van der Waals surface area contributed by atoms with Crippen molar-refractivity contribution in [2.24, 2.45) is 5.73 Å². The Labute approximate surface area is 151 Å². The van der Waals surface area contributed by atoms with Crippen molar-refractivity contribution in [3.63, 3.8) is 0 Å². The monoisotopic (exact) mass is 349 g/mol. The molecule has 0 saturated carbocycles. The highest BCUT2D eigenvalue weighted by atomic mass is 16.5. The van der Waals surface area contributed by atoms with Crippen LogP contribution in [-0.2, 0) is 11.2 Å². The molecule has 3 rings (SSSR count). The number of rotatable bonds is 6. The predicted octanol–water partition coefficient (Wildman–Crippen LogP) is 2.97. The van der Waals surface area contributed by atoms with Crippen LogP contribution in [0.15, 0.2) is 60.9 Å². The molecule has 0 aliphatic rings. The number of hydrogen-bond acceptors (Lipinski definition) is 3. The molecule has 0 unspecified atom stereocenters. The minimum absolute atomic E-state index is 0.171. The van der Waals surface area contributed by atoms with E-state index in [2.05, 4.69) is 10.3 Å². The van der Waals surface area contributed by atoms with Gasteiger partial charge in [-0.15, -0.1) is 0 Å². The second kappa shape index (κ2) is 7.57. The Morgan fingerprint density at radius 3 is 2.46 bits per heavy atom. The van der Waals surface area contributed by atoms with Crippen LogP contribution >= 0.6 is 0 Å². The molecule has 6 nitrogen and oxygen atoms in total. The van der Waals surface area contributed by atoms with Gasteiger partial charge in [-0.25, -0.2) is 0 Å². The van der Waals surface area contributed by atoms with Crippen molar-refractivity contribution >= 4 is 17.5 Å². The average Bonchev–Trinajstić information content (AvgIpc) is 3.12. The lowest BCUT2D eigenvalue weighted by Crippen LogP contribution is -2.14. The lowest BCUT2D eigenvalue weighted by atomic mass is 10.0. The summed E-state index contributed by atoms with van der Waals surface area (Å²) in [6.07, 6.45) is 3.59. The highest BCUT2D eigenvalue weighted by molar-refractivity contribution is 6.09. The summed E-state index contributed by atoms with van der Waals surface area (Å²) in [5.74, 6) is 0.0577. The first kappa shape index (κ1) is 17.3. The van der Waals surface area contributed by atoms with Crippen LogP contribution in [0, 0.1) is 0 Å². The Hall–Kier alpha value is -3.54. The molecule has 0 bridgehead atoms. The number of benzene rings is 2. The maximum Gasteiger partial charge on any atom is 0.257 e. The normalized spacial score (nSPS) is 10.3. The zero-order chi connectivity index (χ0) is 18.5. The molecule has 0 aliphatic heterocycles. The van der Waals surface area contributed by atoms with E-state index < -0.39 is 5.91 Å². The summed E-state index contributed by atoms with van der Waals surface area (Å²) in [5, 5.41) is 2.86. The summed E-state index contributed by atoms with van der Waals surface area (Å²) in [7, 11) is 1.60. The van der Waals surface area contributed by atoms with Gasteiger partial charge in [0.05, 0.1) is 19.1 Å². The van der Waals surface area contributed by atoms with Gasteiger partial charge in [0.25, 0.3) is 5.91 Å². The third kappa shape index (κ3) is 3.75. The fourth-order valence-electron chi connectivity index (χ4n) is 2.75. The van der Waals surface area contributed by atoms with Crippen molar-refractivity contribution in [2.45, 2.75) is 6.42 Å². The fourth-order valence-corrected chi connectivity index (χ4v) is 2.75. The zero-order valence-electron chi connectivity index (χ0n) is 14.3. The third-order valence-electron chi connectivity index (χ3n) is 3.98. The van der Waals surface area contributed by atoms with E-state index in [0.29, 0.717) is 17.0 Å². The van der Waals surface area contributed by atoms with Crippen molar-refractivity contribution < 1.29 is 14.3 Å². The number of para-hydroxylation sites is 1. The van der Waals surface area contributed by atoms with Crippen molar-refractivity contribution in [3.05, 3.63) is 72.1 Å². The molecule has 0 atom stereocenters. The van der Waals surface area contributed by atoms with Gasteiger partial charge in [0.2, 0.25) is 5.91 Å². The molecule has 132 valence electrons. The van der Waals surface area contributed by atoms with Crippen LogP contribution in [0.2, 0.25) is 0 Å². The Kier molecular flexibility index (Phi) is 5.03. The van der Waals surface area contributed by atoms with E-state index in [1.54, 1.807) is 43.8 Å². The summed E-state index contributed by atoms with van der Waals surface area (Å²) in [5.41, 5.74) is 8.71. The van der Waals surface area contributed by atoms with Crippen LogP contribution < -0.4 is 15.8 Å². The number of hydrogen-bond donors (Lipinski definition) is 3. The van der Waals surface area contributed by atoms with Crippen molar-refractivity contribution in [1.82, 2.24) is 4.98 Å². The number of methoxy groups -OCH3 is 1. The number of aromatic nitrogens is 1. The molecule has 0 fully saturated rings. The number of carbonyl (C=O) groups excluding carboxylic acids is 2. The van der Waals surface area contributed by atoms with Crippen LogP contribution in [-0.4, -0.2) is 23.9 Å². The van der Waals surface area contributed by atoms with Gasteiger partial charge in [-0.3, -0.25) is 9.59 Å². The number of anilines is 1. The van der Waals surface area contributed by atoms with E-state index in [0.717, 1.165) is 16.7 Å². The number of ether oxygens (including phenoxy) is 1. The van der Waals surface area contributed by atoms with E-state index in [1.165, 1.54) is 0 Å². The fraction of sp³-hybridized carbons (Fsp3) is 0.100. The summed E-state index contributed by atoms with van der Waals surface area (Å²) in [6, 6.07) is 14.5. The molecule has 2 aromatic carbocycles. The number of nitrogens with one attached hydrogen (secondary N) is 2. The first-order valence-corrected chi connectivity index (χ1v) is 8.07.